The first-order chi connectivity index (χ1) is 15.4. The molecule has 0 amide bonds. The summed E-state index contributed by atoms with van der Waals surface area (Å²) in [4.78, 5) is 9.77. The molecule has 3 heterocycles. The number of nitrogens with zero attached hydrogens (tertiary/aromatic N) is 3. The Morgan fingerprint density at radius 2 is 1.81 bits per heavy atom. The van der Waals surface area contributed by atoms with Gasteiger partial charge in [0.15, 0.2) is 5.96 Å². The van der Waals surface area contributed by atoms with E-state index in [4.69, 9.17) is 14.1 Å². The van der Waals surface area contributed by atoms with Gasteiger partial charge in [-0.15, -0.1) is 0 Å². The quantitative estimate of drug-likeness (QED) is 0.500. The molecule has 2 fully saturated rings. The van der Waals surface area contributed by atoms with E-state index in [2.05, 4.69) is 50.8 Å². The average Bonchev–Trinajstić information content (AvgIpc) is 3.34. The third-order valence-corrected chi connectivity index (χ3v) is 5.99. The number of hydrogen-bond donors (Lipinski definition) is 2. The van der Waals surface area contributed by atoms with Gasteiger partial charge in [0.2, 0.25) is 0 Å². The van der Waals surface area contributed by atoms with E-state index in [1.54, 1.807) is 6.26 Å². The minimum Gasteiger partial charge on any atom is -0.469 e. The number of ether oxygens (including phenoxy) is 1. The number of aliphatic imine (C=N–C) groups is 1. The van der Waals surface area contributed by atoms with Gasteiger partial charge in [0, 0.05) is 57.4 Å². The number of morpholine rings is 1. The van der Waals surface area contributed by atoms with Crippen molar-refractivity contribution in [3.8, 4) is 0 Å². The van der Waals surface area contributed by atoms with Crippen LogP contribution in [-0.4, -0.2) is 75.9 Å². The fraction of sp³-hybridized carbons (Fsp3) is 0.542. The van der Waals surface area contributed by atoms with Crippen LogP contribution in [0.3, 0.4) is 0 Å². The number of para-hydroxylation sites is 1. The molecule has 2 aliphatic rings. The minimum absolute atomic E-state index is 0.443. The lowest BCUT2D eigenvalue weighted by atomic mass is 10.0. The maximum Gasteiger partial charge on any atom is 0.191 e. The summed E-state index contributed by atoms with van der Waals surface area (Å²) >= 11 is 0. The number of piperidine rings is 1. The smallest absolute Gasteiger partial charge is 0.191 e. The highest BCUT2D eigenvalue weighted by Crippen LogP contribution is 2.19. The molecule has 31 heavy (non-hydrogen) atoms. The van der Waals surface area contributed by atoms with E-state index < -0.39 is 0 Å². The highest BCUT2D eigenvalue weighted by molar-refractivity contribution is 5.80. The van der Waals surface area contributed by atoms with Crippen molar-refractivity contribution in [2.24, 2.45) is 4.99 Å². The first kappa shape index (κ1) is 21.7. The molecule has 168 valence electrons. The Balaban J connectivity index is 1.27. The van der Waals surface area contributed by atoms with Gasteiger partial charge < -0.3 is 24.7 Å². The number of hydrogen-bond acceptors (Lipinski definition) is 5. The molecule has 1 aromatic carbocycles. The van der Waals surface area contributed by atoms with E-state index in [-0.39, 0.29) is 0 Å². The van der Waals surface area contributed by atoms with Gasteiger partial charge in [-0.25, -0.2) is 0 Å². The monoisotopic (exact) mass is 425 g/mol. The zero-order valence-corrected chi connectivity index (χ0v) is 18.3. The minimum atomic E-state index is 0.443. The number of furan rings is 1. The summed E-state index contributed by atoms with van der Waals surface area (Å²) in [5.74, 6) is 1.91. The molecule has 2 aromatic rings. The molecular weight excluding hydrogens is 390 g/mol. The summed E-state index contributed by atoms with van der Waals surface area (Å²) in [6.45, 7) is 8.36. The number of guanidine groups is 1. The number of nitrogens with one attached hydrogen (secondary N) is 2. The molecule has 7 nitrogen and oxygen atoms in total. The van der Waals surface area contributed by atoms with Crippen LogP contribution >= 0.6 is 0 Å². The molecule has 0 spiro atoms. The fourth-order valence-corrected chi connectivity index (χ4v) is 4.15. The van der Waals surface area contributed by atoms with Crippen LogP contribution in [0.1, 0.15) is 18.6 Å². The van der Waals surface area contributed by atoms with E-state index in [1.165, 1.54) is 5.69 Å². The summed E-state index contributed by atoms with van der Waals surface area (Å²) in [6.07, 6.45) is 4.80. The maximum absolute atomic E-state index is 5.46. The molecule has 2 saturated heterocycles. The summed E-state index contributed by atoms with van der Waals surface area (Å²) in [5, 5.41) is 7.19. The zero-order valence-electron chi connectivity index (χ0n) is 18.3. The van der Waals surface area contributed by atoms with E-state index in [1.807, 2.05) is 12.1 Å². The van der Waals surface area contributed by atoms with Gasteiger partial charge in [0.25, 0.3) is 0 Å². The second kappa shape index (κ2) is 11.8. The highest BCUT2D eigenvalue weighted by Gasteiger charge is 2.20. The summed E-state index contributed by atoms with van der Waals surface area (Å²) < 4.78 is 10.9. The standard InChI is InChI=1S/C24H35N5O2/c1-2-5-22(6-3-1)29-13-9-21(10-14-29)27-24(25-11-8-23-7-4-18-31-23)26-12-15-28-16-19-30-20-17-28/h1-7,18,21H,8-17,19-20H2,(H2,25,26,27). The van der Waals surface area contributed by atoms with Crippen LogP contribution in [0.2, 0.25) is 0 Å². The molecule has 0 saturated carbocycles. The largest absolute Gasteiger partial charge is 0.469 e. The zero-order chi connectivity index (χ0) is 21.1. The summed E-state index contributed by atoms with van der Waals surface area (Å²) in [6, 6.07) is 15.1. The fourth-order valence-electron chi connectivity index (χ4n) is 4.15. The number of benzene rings is 1. The predicted octanol–water partition coefficient (Wildman–Crippen LogP) is 2.36. The van der Waals surface area contributed by atoms with Crippen LogP contribution in [0.25, 0.3) is 0 Å². The van der Waals surface area contributed by atoms with Crippen molar-refractivity contribution in [1.82, 2.24) is 15.5 Å². The van der Waals surface area contributed by atoms with Crippen LogP contribution < -0.4 is 15.5 Å². The second-order valence-corrected chi connectivity index (χ2v) is 8.18. The van der Waals surface area contributed by atoms with Crippen molar-refractivity contribution in [3.63, 3.8) is 0 Å². The Hall–Kier alpha value is -2.51. The van der Waals surface area contributed by atoms with E-state index in [0.29, 0.717) is 6.04 Å². The Morgan fingerprint density at radius 1 is 1.00 bits per heavy atom. The van der Waals surface area contributed by atoms with Crippen molar-refractivity contribution < 1.29 is 9.15 Å². The molecule has 4 rings (SSSR count). The van der Waals surface area contributed by atoms with Gasteiger partial charge in [-0.3, -0.25) is 9.89 Å². The van der Waals surface area contributed by atoms with Gasteiger partial charge in [-0.2, -0.15) is 0 Å². The Morgan fingerprint density at radius 3 is 2.55 bits per heavy atom. The summed E-state index contributed by atoms with van der Waals surface area (Å²) in [7, 11) is 0. The highest BCUT2D eigenvalue weighted by atomic mass is 16.5. The normalized spacial score (nSPS) is 18.8. The van der Waals surface area contributed by atoms with Crippen LogP contribution in [-0.2, 0) is 11.2 Å². The topological polar surface area (TPSA) is 65.3 Å². The third kappa shape index (κ3) is 7.01. The van der Waals surface area contributed by atoms with E-state index >= 15 is 0 Å². The molecule has 2 aliphatic heterocycles. The van der Waals surface area contributed by atoms with E-state index in [0.717, 1.165) is 90.0 Å². The second-order valence-electron chi connectivity index (χ2n) is 8.18. The first-order valence-corrected chi connectivity index (χ1v) is 11.5. The first-order valence-electron chi connectivity index (χ1n) is 11.5. The van der Waals surface area contributed by atoms with Gasteiger partial charge in [-0.05, 0) is 37.1 Å². The van der Waals surface area contributed by atoms with E-state index in [9.17, 15) is 0 Å². The van der Waals surface area contributed by atoms with Gasteiger partial charge in [-0.1, -0.05) is 18.2 Å². The lowest BCUT2D eigenvalue weighted by Crippen LogP contribution is -2.49. The lowest BCUT2D eigenvalue weighted by Gasteiger charge is -2.34. The lowest BCUT2D eigenvalue weighted by molar-refractivity contribution is 0.0394. The van der Waals surface area contributed by atoms with Crippen LogP contribution in [0.4, 0.5) is 5.69 Å². The van der Waals surface area contributed by atoms with Crippen molar-refractivity contribution >= 4 is 11.6 Å². The van der Waals surface area contributed by atoms with Crippen LogP contribution in [0.15, 0.2) is 58.1 Å². The Bertz CT molecular complexity index is 767. The van der Waals surface area contributed by atoms with Crippen LogP contribution in [0, 0.1) is 0 Å². The average molecular weight is 426 g/mol. The van der Waals surface area contributed by atoms with Gasteiger partial charge >= 0.3 is 0 Å². The summed E-state index contributed by atoms with van der Waals surface area (Å²) in [5.41, 5.74) is 1.32. The van der Waals surface area contributed by atoms with Gasteiger partial charge in [0.1, 0.15) is 5.76 Å². The Kier molecular flexibility index (Phi) is 8.24. The molecule has 0 aliphatic carbocycles. The van der Waals surface area contributed by atoms with Gasteiger partial charge in [0.05, 0.1) is 26.0 Å². The molecule has 0 radical (unpaired) electrons. The molecule has 0 atom stereocenters. The number of rotatable bonds is 8. The molecule has 7 heteroatoms. The molecule has 0 bridgehead atoms. The maximum atomic E-state index is 5.46. The molecule has 2 N–H and O–H groups in total. The molecule has 1 aromatic heterocycles. The SMILES string of the molecule is c1ccc(N2CCC(NC(=NCCN3CCOCC3)NCCc3ccco3)CC2)cc1. The van der Waals surface area contributed by atoms with Crippen molar-refractivity contribution in [1.29, 1.82) is 0 Å². The molecule has 0 unspecified atom stereocenters. The molecular formula is C24H35N5O2. The van der Waals surface area contributed by atoms with Crippen molar-refractivity contribution in [2.75, 3.05) is 63.9 Å². The van der Waals surface area contributed by atoms with Crippen molar-refractivity contribution in [3.05, 3.63) is 54.5 Å². The predicted molar refractivity (Wildman–Crippen MR) is 125 cm³/mol. The van der Waals surface area contributed by atoms with Crippen molar-refractivity contribution in [2.45, 2.75) is 25.3 Å². The third-order valence-electron chi connectivity index (χ3n) is 5.99. The van der Waals surface area contributed by atoms with Crippen LogP contribution in [0.5, 0.6) is 0 Å². The Labute approximate surface area is 185 Å². The number of anilines is 1.